The van der Waals surface area contributed by atoms with Crippen LogP contribution in [0.3, 0.4) is 0 Å². The van der Waals surface area contributed by atoms with Gasteiger partial charge in [-0.3, -0.25) is 4.79 Å². The molecule has 136 valence electrons. The van der Waals surface area contributed by atoms with Crippen molar-refractivity contribution in [2.45, 2.75) is 26.4 Å². The third-order valence-electron chi connectivity index (χ3n) is 3.76. The minimum atomic E-state index is -0.510. The van der Waals surface area contributed by atoms with Gasteiger partial charge in [-0.25, -0.2) is 4.79 Å². The second kappa shape index (κ2) is 8.05. The van der Waals surface area contributed by atoms with Crippen LogP contribution in [0.2, 0.25) is 0 Å². The van der Waals surface area contributed by atoms with Gasteiger partial charge in [0.25, 0.3) is 0 Å². The predicted molar refractivity (Wildman–Crippen MR) is 96.4 cm³/mol. The number of nitrogens with zero attached hydrogens (tertiary/aromatic N) is 2. The highest BCUT2D eigenvalue weighted by molar-refractivity contribution is 5.92. The number of hydrogen-bond acceptors (Lipinski definition) is 4. The molecular weight excluding hydrogens is 320 g/mol. The molecule has 25 heavy (non-hydrogen) atoms. The Kier molecular flexibility index (Phi) is 6.07. The first-order valence-electron chi connectivity index (χ1n) is 8.37. The van der Waals surface area contributed by atoms with Crippen LogP contribution in [0.4, 0.5) is 4.79 Å². The van der Waals surface area contributed by atoms with E-state index in [9.17, 15) is 9.59 Å². The molecule has 6 nitrogen and oxygen atoms in total. The summed E-state index contributed by atoms with van der Waals surface area (Å²) in [5.74, 6) is 0.687. The highest BCUT2D eigenvalue weighted by atomic mass is 16.6. The summed E-state index contributed by atoms with van der Waals surface area (Å²) in [5, 5.41) is 0. The van der Waals surface area contributed by atoms with Crippen LogP contribution in [0.25, 0.3) is 6.08 Å². The maximum atomic E-state index is 12.3. The average Bonchev–Trinajstić information content (AvgIpc) is 2.58. The molecule has 6 heteroatoms. The molecule has 0 bridgehead atoms. The fourth-order valence-electron chi connectivity index (χ4n) is 2.45. The number of amides is 2. The number of rotatable bonds is 3. The second-order valence-electron chi connectivity index (χ2n) is 6.90. The van der Waals surface area contributed by atoms with Gasteiger partial charge < -0.3 is 19.3 Å². The number of piperazine rings is 1. The maximum Gasteiger partial charge on any atom is 0.410 e. The first-order valence-corrected chi connectivity index (χ1v) is 8.37. The highest BCUT2D eigenvalue weighted by Crippen LogP contribution is 2.15. The molecule has 2 rings (SSSR count). The number of benzene rings is 1. The third kappa shape index (κ3) is 5.81. The number of carbonyl (C=O) groups is 2. The smallest absolute Gasteiger partial charge is 0.410 e. The summed E-state index contributed by atoms with van der Waals surface area (Å²) in [7, 11) is 1.61. The Labute approximate surface area is 149 Å². The summed E-state index contributed by atoms with van der Waals surface area (Å²) < 4.78 is 10.5. The average molecular weight is 346 g/mol. The van der Waals surface area contributed by atoms with Crippen LogP contribution in [-0.4, -0.2) is 60.7 Å². The van der Waals surface area contributed by atoms with Gasteiger partial charge in [-0.1, -0.05) is 12.1 Å². The SMILES string of the molecule is COc1cccc(/C=C/C(=O)N2CCN(C(=O)OC(C)(C)C)CC2)c1. The molecule has 0 N–H and O–H groups in total. The standard InChI is InChI=1S/C19H26N2O4/c1-19(2,3)25-18(23)21-12-10-20(11-13-21)17(22)9-8-15-6-5-7-16(14-15)24-4/h5-9,14H,10-13H2,1-4H3/b9-8+. The van der Waals surface area contributed by atoms with E-state index in [4.69, 9.17) is 9.47 Å². The van der Waals surface area contributed by atoms with Crippen molar-refractivity contribution in [2.24, 2.45) is 0 Å². The Morgan fingerprint density at radius 1 is 1.08 bits per heavy atom. The quantitative estimate of drug-likeness (QED) is 0.790. The summed E-state index contributed by atoms with van der Waals surface area (Å²) in [5.41, 5.74) is 0.392. The molecule has 2 amide bonds. The van der Waals surface area contributed by atoms with E-state index in [1.165, 1.54) is 0 Å². The Morgan fingerprint density at radius 3 is 2.32 bits per heavy atom. The monoisotopic (exact) mass is 346 g/mol. The van der Waals surface area contributed by atoms with E-state index >= 15 is 0 Å². The van der Waals surface area contributed by atoms with E-state index in [-0.39, 0.29) is 12.0 Å². The molecule has 1 heterocycles. The largest absolute Gasteiger partial charge is 0.497 e. The molecule has 0 atom stereocenters. The first-order chi connectivity index (χ1) is 11.8. The second-order valence-corrected chi connectivity index (χ2v) is 6.90. The summed E-state index contributed by atoms with van der Waals surface area (Å²) in [6.07, 6.45) is 3.00. The molecule has 1 aliphatic heterocycles. The number of hydrogen-bond donors (Lipinski definition) is 0. The van der Waals surface area contributed by atoms with Crippen LogP contribution in [0.1, 0.15) is 26.3 Å². The van der Waals surface area contributed by atoms with Crippen molar-refractivity contribution < 1.29 is 19.1 Å². The van der Waals surface area contributed by atoms with Crippen molar-refractivity contribution in [1.82, 2.24) is 9.80 Å². The molecule has 1 aromatic rings. The van der Waals surface area contributed by atoms with Crippen molar-refractivity contribution in [1.29, 1.82) is 0 Å². The van der Waals surface area contributed by atoms with Gasteiger partial charge in [-0.15, -0.1) is 0 Å². The molecule has 0 aromatic heterocycles. The fraction of sp³-hybridized carbons (Fsp3) is 0.474. The molecule has 1 saturated heterocycles. The predicted octanol–water partition coefficient (Wildman–Crippen LogP) is 2.79. The molecular formula is C19H26N2O4. The third-order valence-corrected chi connectivity index (χ3v) is 3.76. The van der Waals surface area contributed by atoms with Gasteiger partial charge in [0, 0.05) is 32.3 Å². The van der Waals surface area contributed by atoms with Crippen LogP contribution in [-0.2, 0) is 9.53 Å². The van der Waals surface area contributed by atoms with E-state index in [0.29, 0.717) is 26.2 Å². The van der Waals surface area contributed by atoms with Crippen LogP contribution < -0.4 is 4.74 Å². The Morgan fingerprint density at radius 2 is 1.72 bits per heavy atom. The summed E-state index contributed by atoms with van der Waals surface area (Å²) in [6.45, 7) is 7.48. The molecule has 0 radical (unpaired) electrons. The van der Waals surface area contributed by atoms with Gasteiger partial charge in [-0.05, 0) is 44.5 Å². The molecule has 0 saturated carbocycles. The molecule has 1 aliphatic rings. The van der Waals surface area contributed by atoms with Crippen molar-refractivity contribution in [2.75, 3.05) is 33.3 Å². The van der Waals surface area contributed by atoms with Crippen molar-refractivity contribution in [3.05, 3.63) is 35.9 Å². The summed E-state index contributed by atoms with van der Waals surface area (Å²) >= 11 is 0. The maximum absolute atomic E-state index is 12.3. The minimum Gasteiger partial charge on any atom is -0.497 e. The van der Waals surface area contributed by atoms with Gasteiger partial charge in [0.2, 0.25) is 5.91 Å². The summed E-state index contributed by atoms with van der Waals surface area (Å²) in [6, 6.07) is 7.51. The van der Waals surface area contributed by atoms with Crippen LogP contribution >= 0.6 is 0 Å². The van der Waals surface area contributed by atoms with Gasteiger partial charge in [-0.2, -0.15) is 0 Å². The first kappa shape index (κ1) is 18.8. The lowest BCUT2D eigenvalue weighted by Crippen LogP contribution is -2.51. The zero-order valence-electron chi connectivity index (χ0n) is 15.3. The lowest BCUT2D eigenvalue weighted by Gasteiger charge is -2.35. The van der Waals surface area contributed by atoms with Crippen molar-refractivity contribution >= 4 is 18.1 Å². The summed E-state index contributed by atoms with van der Waals surface area (Å²) in [4.78, 5) is 27.7. The molecule has 0 unspecified atom stereocenters. The minimum absolute atomic E-state index is 0.0633. The van der Waals surface area contributed by atoms with E-state index in [1.807, 2.05) is 45.0 Å². The van der Waals surface area contributed by atoms with Gasteiger partial charge in [0.15, 0.2) is 0 Å². The lowest BCUT2D eigenvalue weighted by atomic mass is 10.2. The van der Waals surface area contributed by atoms with Crippen LogP contribution in [0, 0.1) is 0 Å². The van der Waals surface area contributed by atoms with E-state index in [0.717, 1.165) is 11.3 Å². The Bertz CT molecular complexity index is 641. The van der Waals surface area contributed by atoms with Crippen molar-refractivity contribution in [3.63, 3.8) is 0 Å². The van der Waals surface area contributed by atoms with Gasteiger partial charge in [0.05, 0.1) is 7.11 Å². The van der Waals surface area contributed by atoms with Crippen LogP contribution in [0.15, 0.2) is 30.3 Å². The van der Waals surface area contributed by atoms with Gasteiger partial charge >= 0.3 is 6.09 Å². The van der Waals surface area contributed by atoms with Crippen molar-refractivity contribution in [3.8, 4) is 5.75 Å². The Hall–Kier alpha value is -2.50. The normalized spacial score (nSPS) is 15.4. The highest BCUT2D eigenvalue weighted by Gasteiger charge is 2.26. The zero-order chi connectivity index (χ0) is 18.4. The lowest BCUT2D eigenvalue weighted by molar-refractivity contribution is -0.127. The zero-order valence-corrected chi connectivity index (χ0v) is 15.3. The van der Waals surface area contributed by atoms with E-state index in [2.05, 4.69) is 0 Å². The molecule has 1 fully saturated rings. The Balaban J connectivity index is 1.86. The molecule has 0 spiro atoms. The molecule has 0 aliphatic carbocycles. The topological polar surface area (TPSA) is 59.1 Å². The number of carbonyl (C=O) groups excluding carboxylic acids is 2. The molecule has 1 aromatic carbocycles. The van der Waals surface area contributed by atoms with Gasteiger partial charge in [0.1, 0.15) is 11.4 Å². The fourth-order valence-corrected chi connectivity index (χ4v) is 2.45. The number of ether oxygens (including phenoxy) is 2. The van der Waals surface area contributed by atoms with Crippen LogP contribution in [0.5, 0.6) is 5.75 Å². The number of methoxy groups -OCH3 is 1. The van der Waals surface area contributed by atoms with E-state index < -0.39 is 5.60 Å². The van der Waals surface area contributed by atoms with E-state index in [1.54, 1.807) is 29.1 Å².